The molecule has 28 heavy (non-hydrogen) atoms. The van der Waals surface area contributed by atoms with Crippen LogP contribution < -0.4 is 0 Å². The molecule has 0 atom stereocenters. The van der Waals surface area contributed by atoms with E-state index >= 15 is 0 Å². The number of aromatic nitrogens is 1. The Labute approximate surface area is 166 Å². The van der Waals surface area contributed by atoms with Crippen molar-refractivity contribution in [1.82, 2.24) is 4.98 Å². The lowest BCUT2D eigenvalue weighted by atomic mass is 9.96. The molecule has 0 radical (unpaired) electrons. The Morgan fingerprint density at radius 2 is 1.79 bits per heavy atom. The molecule has 0 unspecified atom stereocenters. The van der Waals surface area contributed by atoms with Crippen molar-refractivity contribution in [3.8, 4) is 17.2 Å². The highest BCUT2D eigenvalue weighted by atomic mass is 32.2. The second-order valence-electron chi connectivity index (χ2n) is 6.12. The van der Waals surface area contributed by atoms with Gasteiger partial charge in [0.05, 0.1) is 17.2 Å². The molecule has 1 N–H and O–H groups in total. The van der Waals surface area contributed by atoms with Gasteiger partial charge in [0.1, 0.15) is 0 Å². The molecule has 4 aromatic rings. The number of fused-ring (bicyclic) bond motifs is 1. The molecule has 4 rings (SSSR count). The molecule has 0 amide bonds. The van der Waals surface area contributed by atoms with Crippen LogP contribution in [0.1, 0.15) is 15.9 Å². The minimum absolute atomic E-state index is 0.254. The van der Waals surface area contributed by atoms with Gasteiger partial charge >= 0.3 is 5.97 Å². The molecule has 1 heterocycles. The van der Waals surface area contributed by atoms with Gasteiger partial charge in [-0.2, -0.15) is 5.26 Å². The van der Waals surface area contributed by atoms with Crippen LogP contribution in [0, 0.1) is 11.3 Å². The summed E-state index contributed by atoms with van der Waals surface area (Å²) in [7, 11) is 0. The number of pyridine rings is 1. The Kier molecular flexibility index (Phi) is 4.79. The maximum absolute atomic E-state index is 11.3. The van der Waals surface area contributed by atoms with Crippen molar-refractivity contribution < 1.29 is 9.90 Å². The highest BCUT2D eigenvalue weighted by Crippen LogP contribution is 2.39. The van der Waals surface area contributed by atoms with Gasteiger partial charge in [0.25, 0.3) is 0 Å². The second-order valence-corrected chi connectivity index (χ2v) is 7.24. The van der Waals surface area contributed by atoms with E-state index in [1.54, 1.807) is 30.6 Å². The molecular weight excluding hydrogens is 368 g/mol. The first-order valence-corrected chi connectivity index (χ1v) is 9.36. The standard InChI is InChI=1S/C23H14N2O2S/c24-13-16-8-9-20(19-7-2-1-6-18(16)19)21-14-25-11-10-22(21)28-17-5-3-4-15(12-17)23(26)27/h1-12,14H,(H,26,27). The van der Waals surface area contributed by atoms with Crippen molar-refractivity contribution >= 4 is 28.5 Å². The first-order chi connectivity index (χ1) is 13.7. The summed E-state index contributed by atoms with van der Waals surface area (Å²) in [6.45, 7) is 0. The van der Waals surface area contributed by atoms with Gasteiger partial charge in [0, 0.05) is 33.1 Å². The van der Waals surface area contributed by atoms with Crippen molar-refractivity contribution in [1.29, 1.82) is 5.26 Å². The zero-order chi connectivity index (χ0) is 19.5. The van der Waals surface area contributed by atoms with Crippen molar-refractivity contribution in [3.63, 3.8) is 0 Å². The Bertz CT molecular complexity index is 1240. The molecule has 4 nitrogen and oxygen atoms in total. The van der Waals surface area contributed by atoms with Gasteiger partial charge in [-0.25, -0.2) is 4.79 Å². The largest absolute Gasteiger partial charge is 0.478 e. The Morgan fingerprint density at radius 1 is 0.964 bits per heavy atom. The predicted octanol–water partition coefficient (Wildman–Crippen LogP) is 5.62. The molecule has 0 aliphatic carbocycles. The van der Waals surface area contributed by atoms with E-state index in [4.69, 9.17) is 0 Å². The molecule has 3 aromatic carbocycles. The minimum atomic E-state index is -0.949. The number of benzene rings is 3. The van der Waals surface area contributed by atoms with E-state index in [0.717, 1.165) is 31.7 Å². The zero-order valence-electron chi connectivity index (χ0n) is 14.7. The monoisotopic (exact) mass is 382 g/mol. The Balaban J connectivity index is 1.84. The SMILES string of the molecule is N#Cc1ccc(-c2cnccc2Sc2cccc(C(=O)O)c2)c2ccccc12. The summed E-state index contributed by atoms with van der Waals surface area (Å²) in [4.78, 5) is 17.3. The fourth-order valence-corrected chi connectivity index (χ4v) is 4.11. The van der Waals surface area contributed by atoms with E-state index < -0.39 is 5.97 Å². The lowest BCUT2D eigenvalue weighted by Crippen LogP contribution is -1.95. The maximum atomic E-state index is 11.3. The molecule has 0 saturated heterocycles. The van der Waals surface area contributed by atoms with Gasteiger partial charge in [-0.05, 0) is 41.3 Å². The van der Waals surface area contributed by atoms with E-state index in [-0.39, 0.29) is 5.56 Å². The Hall–Kier alpha value is -3.62. The van der Waals surface area contributed by atoms with Gasteiger partial charge in [-0.1, -0.05) is 48.2 Å². The molecule has 0 spiro atoms. The number of rotatable bonds is 4. The van der Waals surface area contributed by atoms with Crippen LogP contribution in [0.4, 0.5) is 0 Å². The van der Waals surface area contributed by atoms with Crippen LogP contribution in [-0.2, 0) is 0 Å². The third-order valence-corrected chi connectivity index (χ3v) is 5.49. The van der Waals surface area contributed by atoms with Gasteiger partial charge in [-0.3, -0.25) is 4.98 Å². The summed E-state index contributed by atoms with van der Waals surface area (Å²) in [5.41, 5.74) is 2.81. The van der Waals surface area contributed by atoms with Crippen LogP contribution in [-0.4, -0.2) is 16.1 Å². The van der Waals surface area contributed by atoms with Gasteiger partial charge in [0.2, 0.25) is 0 Å². The van der Waals surface area contributed by atoms with E-state index in [9.17, 15) is 15.2 Å². The van der Waals surface area contributed by atoms with Crippen LogP contribution in [0.15, 0.2) is 88.9 Å². The topological polar surface area (TPSA) is 74.0 Å². The van der Waals surface area contributed by atoms with Crippen LogP contribution in [0.3, 0.4) is 0 Å². The van der Waals surface area contributed by atoms with E-state index in [2.05, 4.69) is 11.1 Å². The van der Waals surface area contributed by atoms with Crippen molar-refractivity contribution in [2.75, 3.05) is 0 Å². The Morgan fingerprint density at radius 3 is 2.57 bits per heavy atom. The summed E-state index contributed by atoms with van der Waals surface area (Å²) in [6, 6.07) is 22.6. The molecule has 1 aromatic heterocycles. The zero-order valence-corrected chi connectivity index (χ0v) is 15.5. The number of nitriles is 1. The number of carboxylic acid groups (broad SMARTS) is 1. The minimum Gasteiger partial charge on any atom is -0.478 e. The normalized spacial score (nSPS) is 10.5. The van der Waals surface area contributed by atoms with E-state index in [1.807, 2.05) is 48.5 Å². The van der Waals surface area contributed by atoms with E-state index in [1.165, 1.54) is 11.8 Å². The van der Waals surface area contributed by atoms with Crippen LogP contribution >= 0.6 is 11.8 Å². The fourth-order valence-electron chi connectivity index (χ4n) is 3.12. The predicted molar refractivity (Wildman–Crippen MR) is 109 cm³/mol. The highest BCUT2D eigenvalue weighted by Gasteiger charge is 2.13. The second kappa shape index (κ2) is 7.55. The van der Waals surface area contributed by atoms with E-state index in [0.29, 0.717) is 5.56 Å². The number of carboxylic acids is 1. The third kappa shape index (κ3) is 3.34. The first-order valence-electron chi connectivity index (χ1n) is 8.55. The number of nitrogens with zero attached hydrogens (tertiary/aromatic N) is 2. The highest BCUT2D eigenvalue weighted by molar-refractivity contribution is 7.99. The number of hydrogen-bond acceptors (Lipinski definition) is 4. The molecule has 0 bridgehead atoms. The summed E-state index contributed by atoms with van der Waals surface area (Å²) >= 11 is 1.49. The smallest absolute Gasteiger partial charge is 0.335 e. The first kappa shape index (κ1) is 17.8. The van der Waals surface area contributed by atoms with Gasteiger partial charge in [0.15, 0.2) is 0 Å². The van der Waals surface area contributed by atoms with Gasteiger partial charge in [-0.15, -0.1) is 0 Å². The summed E-state index contributed by atoms with van der Waals surface area (Å²) in [5, 5.41) is 20.5. The molecule has 5 heteroatoms. The molecule has 134 valence electrons. The summed E-state index contributed by atoms with van der Waals surface area (Å²) < 4.78 is 0. The molecule has 0 aliphatic rings. The fraction of sp³-hybridized carbons (Fsp3) is 0. The lowest BCUT2D eigenvalue weighted by molar-refractivity contribution is 0.0696. The average molecular weight is 382 g/mol. The van der Waals surface area contributed by atoms with Crippen LogP contribution in [0.5, 0.6) is 0 Å². The molecule has 0 aliphatic heterocycles. The van der Waals surface area contributed by atoms with Crippen molar-refractivity contribution in [2.24, 2.45) is 0 Å². The third-order valence-electron chi connectivity index (χ3n) is 4.42. The molecule has 0 fully saturated rings. The lowest BCUT2D eigenvalue weighted by Gasteiger charge is -2.12. The van der Waals surface area contributed by atoms with Crippen molar-refractivity contribution in [3.05, 3.63) is 90.3 Å². The molecule has 0 saturated carbocycles. The van der Waals surface area contributed by atoms with Gasteiger partial charge < -0.3 is 5.11 Å². The van der Waals surface area contributed by atoms with Crippen molar-refractivity contribution in [2.45, 2.75) is 9.79 Å². The summed E-state index contributed by atoms with van der Waals surface area (Å²) in [5.74, 6) is -0.949. The molecular formula is C23H14N2O2S. The van der Waals surface area contributed by atoms with Crippen LogP contribution in [0.25, 0.3) is 21.9 Å². The summed E-state index contributed by atoms with van der Waals surface area (Å²) in [6.07, 6.45) is 3.52. The quantitative estimate of drug-likeness (QED) is 0.496. The number of hydrogen-bond donors (Lipinski definition) is 1. The number of carbonyl (C=O) groups is 1. The average Bonchev–Trinajstić information content (AvgIpc) is 2.73. The van der Waals surface area contributed by atoms with Crippen LogP contribution in [0.2, 0.25) is 0 Å². The number of aromatic carboxylic acids is 1. The maximum Gasteiger partial charge on any atom is 0.335 e.